The molecule has 0 aliphatic carbocycles. The van der Waals surface area contributed by atoms with Crippen LogP contribution in [0.5, 0.6) is 0 Å². The fraction of sp³-hybridized carbons (Fsp3) is 0.500. The van der Waals surface area contributed by atoms with Crippen LogP contribution in [0.3, 0.4) is 0 Å². The number of quaternary nitrogens is 1. The number of hydrogen-bond acceptors (Lipinski definition) is 2. The second kappa shape index (κ2) is 3.09. The summed E-state index contributed by atoms with van der Waals surface area (Å²) in [7, 11) is 0. The Balaban J connectivity index is 2.35. The molecular formula is C10H14N2O. The van der Waals surface area contributed by atoms with Crippen molar-refractivity contribution in [3.63, 3.8) is 0 Å². The predicted molar refractivity (Wildman–Crippen MR) is 50.6 cm³/mol. The molecule has 13 heavy (non-hydrogen) atoms. The molecule has 0 unspecified atom stereocenters. The molecule has 1 aromatic heterocycles. The van der Waals surface area contributed by atoms with Gasteiger partial charge in [0.25, 0.3) is 0 Å². The Morgan fingerprint density at radius 3 is 3.38 bits per heavy atom. The number of hydroxylamine groups is 3. The van der Waals surface area contributed by atoms with E-state index in [2.05, 4.69) is 4.98 Å². The minimum atomic E-state index is -2.50. The standard InChI is InChI=1S/C10H14N2O/c1-12(13)7-3-5-10(12)9-4-2-6-11-8-9/h2,4,6,8,10H,3,5,7H2,1H3/t10-,12-/m0/s1/i1D3. The maximum absolute atomic E-state index is 12.4. The molecule has 1 aromatic rings. The van der Waals surface area contributed by atoms with Crippen molar-refractivity contribution in [2.45, 2.75) is 18.9 Å². The van der Waals surface area contributed by atoms with Crippen molar-refractivity contribution >= 4 is 0 Å². The Morgan fingerprint density at radius 1 is 1.77 bits per heavy atom. The highest BCUT2D eigenvalue weighted by Gasteiger charge is 2.32. The molecule has 0 spiro atoms. The number of rotatable bonds is 1. The van der Waals surface area contributed by atoms with Gasteiger partial charge < -0.3 is 9.85 Å². The van der Waals surface area contributed by atoms with Gasteiger partial charge in [-0.25, -0.2) is 0 Å². The van der Waals surface area contributed by atoms with Gasteiger partial charge in [-0.05, 0) is 6.07 Å². The van der Waals surface area contributed by atoms with Crippen LogP contribution < -0.4 is 0 Å². The van der Waals surface area contributed by atoms with Crippen LogP contribution in [-0.4, -0.2) is 23.2 Å². The summed E-state index contributed by atoms with van der Waals surface area (Å²) in [5.74, 6) is 0. The van der Waals surface area contributed by atoms with Crippen LogP contribution >= 0.6 is 0 Å². The molecule has 2 atom stereocenters. The Kier molecular flexibility index (Phi) is 1.36. The second-order valence-corrected chi connectivity index (χ2v) is 3.46. The number of aromatic nitrogens is 1. The number of nitrogens with zero attached hydrogens (tertiary/aromatic N) is 2. The minimum absolute atomic E-state index is 0.163. The minimum Gasteiger partial charge on any atom is -0.633 e. The molecule has 0 saturated carbocycles. The molecule has 1 fully saturated rings. The Morgan fingerprint density at radius 2 is 2.69 bits per heavy atom. The van der Waals surface area contributed by atoms with Crippen LogP contribution in [0.15, 0.2) is 24.5 Å². The molecule has 2 heterocycles. The first-order valence-electron chi connectivity index (χ1n) is 5.94. The lowest BCUT2D eigenvalue weighted by Crippen LogP contribution is -2.36. The van der Waals surface area contributed by atoms with Crippen LogP contribution in [0, 0.1) is 5.21 Å². The van der Waals surface area contributed by atoms with E-state index in [4.69, 9.17) is 4.11 Å². The van der Waals surface area contributed by atoms with Gasteiger partial charge in [-0.15, -0.1) is 0 Å². The lowest BCUT2D eigenvalue weighted by atomic mass is 10.1. The molecule has 70 valence electrons. The van der Waals surface area contributed by atoms with Gasteiger partial charge in [0.1, 0.15) is 6.04 Å². The zero-order valence-electron chi connectivity index (χ0n) is 10.3. The van der Waals surface area contributed by atoms with Gasteiger partial charge in [0.15, 0.2) is 0 Å². The maximum atomic E-state index is 12.4. The zero-order valence-corrected chi connectivity index (χ0v) is 7.31. The maximum Gasteiger partial charge on any atom is 0.116 e. The van der Waals surface area contributed by atoms with E-state index in [1.165, 1.54) is 0 Å². The second-order valence-electron chi connectivity index (χ2n) is 3.46. The highest BCUT2D eigenvalue weighted by Crippen LogP contribution is 2.35. The van der Waals surface area contributed by atoms with Crippen LogP contribution in [0.25, 0.3) is 0 Å². The third kappa shape index (κ3) is 1.57. The van der Waals surface area contributed by atoms with Crippen molar-refractivity contribution in [1.82, 2.24) is 4.98 Å². The van der Waals surface area contributed by atoms with Gasteiger partial charge in [0, 0.05) is 30.8 Å². The summed E-state index contributed by atoms with van der Waals surface area (Å²) in [5, 5.41) is 12.4. The first-order valence-corrected chi connectivity index (χ1v) is 4.44. The fourth-order valence-electron chi connectivity index (χ4n) is 1.86. The molecule has 3 nitrogen and oxygen atoms in total. The van der Waals surface area contributed by atoms with Crippen molar-refractivity contribution in [1.29, 1.82) is 0 Å². The summed E-state index contributed by atoms with van der Waals surface area (Å²) >= 11 is 0. The molecule has 0 N–H and O–H groups in total. The molecule has 2 rings (SSSR count). The summed E-state index contributed by atoms with van der Waals surface area (Å²) in [5.41, 5.74) is 0.728. The van der Waals surface area contributed by atoms with Gasteiger partial charge in [-0.3, -0.25) is 4.98 Å². The molecule has 3 heteroatoms. The quantitative estimate of drug-likeness (QED) is 0.489. The van der Waals surface area contributed by atoms with Gasteiger partial charge in [-0.1, -0.05) is 6.07 Å². The Hall–Kier alpha value is -0.930. The van der Waals surface area contributed by atoms with E-state index in [-0.39, 0.29) is 6.54 Å². The zero-order chi connectivity index (χ0) is 11.8. The number of hydrogen-bond donors (Lipinski definition) is 0. The summed E-state index contributed by atoms with van der Waals surface area (Å²) in [6, 6.07) is 3.01. The van der Waals surface area contributed by atoms with Crippen molar-refractivity contribution in [3.05, 3.63) is 35.3 Å². The molecular weight excluding hydrogens is 164 g/mol. The highest BCUT2D eigenvalue weighted by molar-refractivity contribution is 5.12. The third-order valence-electron chi connectivity index (χ3n) is 2.54. The van der Waals surface area contributed by atoms with E-state index in [0.29, 0.717) is 12.8 Å². The van der Waals surface area contributed by atoms with E-state index >= 15 is 0 Å². The molecule has 1 aliphatic rings. The van der Waals surface area contributed by atoms with Crippen molar-refractivity contribution in [2.75, 3.05) is 13.5 Å². The Labute approximate surface area is 82.4 Å². The van der Waals surface area contributed by atoms with E-state index in [1.54, 1.807) is 24.5 Å². The predicted octanol–water partition coefficient (Wildman–Crippen LogP) is 1.86. The average molecular weight is 181 g/mol. The first kappa shape index (κ1) is 5.73. The smallest absolute Gasteiger partial charge is 0.116 e. The average Bonchev–Trinajstić information content (AvgIpc) is 2.62. The van der Waals surface area contributed by atoms with Crippen molar-refractivity contribution < 1.29 is 8.76 Å². The molecule has 1 saturated heterocycles. The normalized spacial score (nSPS) is 37.9. The van der Waals surface area contributed by atoms with Crippen LogP contribution in [0.4, 0.5) is 0 Å². The molecule has 0 aromatic carbocycles. The molecule has 1 aliphatic heterocycles. The number of pyridine rings is 1. The van der Waals surface area contributed by atoms with Gasteiger partial charge >= 0.3 is 0 Å². The first-order chi connectivity index (χ1) is 7.45. The Bertz CT molecular complexity index is 368. The van der Waals surface area contributed by atoms with Crippen molar-refractivity contribution in [2.24, 2.45) is 0 Å². The monoisotopic (exact) mass is 181 g/mol. The van der Waals surface area contributed by atoms with Crippen molar-refractivity contribution in [3.8, 4) is 0 Å². The third-order valence-corrected chi connectivity index (χ3v) is 2.54. The molecule has 0 radical (unpaired) electrons. The van der Waals surface area contributed by atoms with Crippen LogP contribution in [0.2, 0.25) is 0 Å². The summed E-state index contributed by atoms with van der Waals surface area (Å²) < 4.78 is 21.0. The summed E-state index contributed by atoms with van der Waals surface area (Å²) in [4.78, 5) is 3.94. The topological polar surface area (TPSA) is 36.0 Å². The van der Waals surface area contributed by atoms with E-state index < -0.39 is 17.7 Å². The molecule has 0 bridgehead atoms. The lowest BCUT2D eigenvalue weighted by Gasteiger charge is -2.40. The summed E-state index contributed by atoms with van der Waals surface area (Å²) in [6.45, 7) is -2.34. The SMILES string of the molecule is [2H]C([2H])([2H])[N@+]1([O-])CCC[C@H]1c1cccnc1. The van der Waals surface area contributed by atoms with Gasteiger partial charge in [-0.2, -0.15) is 0 Å². The van der Waals surface area contributed by atoms with E-state index in [0.717, 1.165) is 5.56 Å². The largest absolute Gasteiger partial charge is 0.633 e. The van der Waals surface area contributed by atoms with E-state index in [1.807, 2.05) is 0 Å². The van der Waals surface area contributed by atoms with Crippen LogP contribution in [-0.2, 0) is 0 Å². The number of likely N-dealkylation sites (tertiary alicyclic amines) is 1. The van der Waals surface area contributed by atoms with Gasteiger partial charge in [0.2, 0.25) is 0 Å². The van der Waals surface area contributed by atoms with E-state index in [9.17, 15) is 5.21 Å². The summed E-state index contributed by atoms with van der Waals surface area (Å²) in [6.07, 6.45) is 4.48. The highest BCUT2D eigenvalue weighted by atomic mass is 16.5. The molecule has 0 amide bonds. The van der Waals surface area contributed by atoms with Gasteiger partial charge in [0.05, 0.1) is 17.6 Å². The van der Waals surface area contributed by atoms with Crippen LogP contribution in [0.1, 0.15) is 28.6 Å². The lowest BCUT2D eigenvalue weighted by molar-refractivity contribution is -0.878. The fourth-order valence-corrected chi connectivity index (χ4v) is 1.86.